The normalized spacial score (nSPS) is 12.9. The molecular formula is C21H16N4O3. The van der Waals surface area contributed by atoms with Crippen LogP contribution in [-0.2, 0) is 0 Å². The molecule has 1 aliphatic rings. The van der Waals surface area contributed by atoms with Crippen molar-refractivity contribution < 1.29 is 14.4 Å². The molecular weight excluding hydrogens is 356 g/mol. The van der Waals surface area contributed by atoms with Crippen molar-refractivity contribution >= 4 is 29.1 Å². The molecule has 3 aromatic rings. The lowest BCUT2D eigenvalue weighted by Crippen LogP contribution is -2.29. The Balaban J connectivity index is 1.54. The molecule has 0 bridgehead atoms. The lowest BCUT2D eigenvalue weighted by Gasteiger charge is -2.14. The second-order valence-corrected chi connectivity index (χ2v) is 6.50. The molecule has 4 rings (SSSR count). The van der Waals surface area contributed by atoms with E-state index in [4.69, 9.17) is 0 Å². The highest BCUT2D eigenvalue weighted by molar-refractivity contribution is 6.33. The van der Waals surface area contributed by atoms with Crippen molar-refractivity contribution in [1.82, 2.24) is 9.97 Å². The van der Waals surface area contributed by atoms with Crippen LogP contribution >= 0.6 is 0 Å². The molecule has 1 aromatic heterocycles. The number of amides is 3. The quantitative estimate of drug-likeness (QED) is 0.713. The summed E-state index contributed by atoms with van der Waals surface area (Å²) in [6.45, 7) is 3.98. The summed E-state index contributed by atoms with van der Waals surface area (Å²) in [5.41, 5.74) is 3.77. The predicted molar refractivity (Wildman–Crippen MR) is 103 cm³/mol. The van der Waals surface area contributed by atoms with Gasteiger partial charge in [-0.1, -0.05) is 6.07 Å². The molecule has 28 heavy (non-hydrogen) atoms. The molecule has 7 heteroatoms. The number of hydrogen-bond acceptors (Lipinski definition) is 5. The minimum absolute atomic E-state index is 0.0315. The number of rotatable bonds is 3. The highest BCUT2D eigenvalue weighted by Crippen LogP contribution is 2.26. The molecule has 2 aromatic carbocycles. The SMILES string of the molecule is Cc1ccc(NC(=O)c2ccc(N3C(=O)c4nccnc4C3=O)cc2)cc1C. The van der Waals surface area contributed by atoms with Gasteiger partial charge in [-0.2, -0.15) is 0 Å². The molecule has 1 N–H and O–H groups in total. The van der Waals surface area contributed by atoms with Crippen molar-refractivity contribution in [2.24, 2.45) is 0 Å². The minimum atomic E-state index is -0.527. The first kappa shape index (κ1) is 17.5. The van der Waals surface area contributed by atoms with Gasteiger partial charge in [0.1, 0.15) is 0 Å². The van der Waals surface area contributed by atoms with Crippen molar-refractivity contribution in [1.29, 1.82) is 0 Å². The van der Waals surface area contributed by atoms with E-state index in [0.29, 0.717) is 16.9 Å². The third kappa shape index (κ3) is 2.92. The molecule has 0 spiro atoms. The summed E-state index contributed by atoms with van der Waals surface area (Å²) in [5, 5.41) is 2.84. The molecule has 0 saturated carbocycles. The molecule has 0 aliphatic carbocycles. The Bertz CT molecular complexity index is 1090. The number of nitrogens with one attached hydrogen (secondary N) is 1. The average molecular weight is 372 g/mol. The number of aromatic nitrogens is 2. The third-order valence-corrected chi connectivity index (χ3v) is 4.66. The zero-order valence-electron chi connectivity index (χ0n) is 15.3. The van der Waals surface area contributed by atoms with Crippen LogP contribution in [0.25, 0.3) is 0 Å². The number of imide groups is 1. The van der Waals surface area contributed by atoms with Crippen molar-refractivity contribution in [2.75, 3.05) is 10.2 Å². The Kier molecular flexibility index (Phi) is 4.19. The number of fused-ring (bicyclic) bond motifs is 1. The Labute approximate surface area is 161 Å². The fourth-order valence-electron chi connectivity index (χ4n) is 2.97. The first-order valence-corrected chi connectivity index (χ1v) is 8.64. The second-order valence-electron chi connectivity index (χ2n) is 6.50. The van der Waals surface area contributed by atoms with Crippen LogP contribution in [0.3, 0.4) is 0 Å². The van der Waals surface area contributed by atoms with Crippen LogP contribution in [0, 0.1) is 13.8 Å². The van der Waals surface area contributed by atoms with E-state index in [2.05, 4.69) is 15.3 Å². The molecule has 0 atom stereocenters. The maximum Gasteiger partial charge on any atom is 0.286 e. The monoisotopic (exact) mass is 372 g/mol. The van der Waals surface area contributed by atoms with Gasteiger partial charge in [0.25, 0.3) is 17.7 Å². The predicted octanol–water partition coefficient (Wildman–Crippen LogP) is 3.15. The topological polar surface area (TPSA) is 92.3 Å². The van der Waals surface area contributed by atoms with Gasteiger partial charge in [-0.25, -0.2) is 14.9 Å². The van der Waals surface area contributed by atoms with Gasteiger partial charge in [0.2, 0.25) is 0 Å². The van der Waals surface area contributed by atoms with Gasteiger partial charge in [-0.3, -0.25) is 14.4 Å². The van der Waals surface area contributed by atoms with Gasteiger partial charge in [-0.15, -0.1) is 0 Å². The van der Waals surface area contributed by atoms with E-state index in [1.54, 1.807) is 24.3 Å². The fraction of sp³-hybridized carbons (Fsp3) is 0.0952. The van der Waals surface area contributed by atoms with Crippen molar-refractivity contribution in [3.8, 4) is 0 Å². The lowest BCUT2D eigenvalue weighted by atomic mass is 10.1. The van der Waals surface area contributed by atoms with E-state index in [0.717, 1.165) is 16.0 Å². The van der Waals surface area contributed by atoms with Crippen LogP contribution in [0.2, 0.25) is 0 Å². The highest BCUT2D eigenvalue weighted by atomic mass is 16.2. The van der Waals surface area contributed by atoms with Crippen molar-refractivity contribution in [2.45, 2.75) is 13.8 Å². The molecule has 3 amide bonds. The summed E-state index contributed by atoms with van der Waals surface area (Å²) in [6, 6.07) is 11.9. The van der Waals surface area contributed by atoms with E-state index < -0.39 is 11.8 Å². The summed E-state index contributed by atoms with van der Waals surface area (Å²) in [5.74, 6) is -1.33. The van der Waals surface area contributed by atoms with Crippen LogP contribution in [0.15, 0.2) is 54.9 Å². The minimum Gasteiger partial charge on any atom is -0.322 e. The smallest absolute Gasteiger partial charge is 0.286 e. The van der Waals surface area contributed by atoms with Gasteiger partial charge in [-0.05, 0) is 61.4 Å². The van der Waals surface area contributed by atoms with Crippen LogP contribution in [0.5, 0.6) is 0 Å². The van der Waals surface area contributed by atoms with Gasteiger partial charge in [0, 0.05) is 23.6 Å². The zero-order chi connectivity index (χ0) is 19.8. The maximum atomic E-state index is 12.5. The van der Waals surface area contributed by atoms with Crippen LogP contribution < -0.4 is 10.2 Å². The number of carbonyl (C=O) groups is 3. The molecule has 2 heterocycles. The molecule has 138 valence electrons. The third-order valence-electron chi connectivity index (χ3n) is 4.66. The molecule has 0 fully saturated rings. The number of anilines is 2. The van der Waals surface area contributed by atoms with E-state index in [1.165, 1.54) is 12.4 Å². The van der Waals surface area contributed by atoms with Crippen molar-refractivity contribution in [3.05, 3.63) is 82.9 Å². The van der Waals surface area contributed by atoms with Crippen LogP contribution in [0.4, 0.5) is 11.4 Å². The summed E-state index contributed by atoms with van der Waals surface area (Å²) in [7, 11) is 0. The van der Waals surface area contributed by atoms with Crippen LogP contribution in [-0.4, -0.2) is 27.7 Å². The van der Waals surface area contributed by atoms with E-state index in [-0.39, 0.29) is 17.3 Å². The number of carbonyl (C=O) groups excluding carboxylic acids is 3. The standard InChI is InChI=1S/C21H16N4O3/c1-12-3-6-15(11-13(12)2)24-19(26)14-4-7-16(8-5-14)25-20(27)17-18(21(25)28)23-10-9-22-17/h3-11H,1-2H3,(H,24,26). The number of nitrogens with zero attached hydrogens (tertiary/aromatic N) is 3. The molecule has 0 radical (unpaired) electrons. The summed E-state index contributed by atoms with van der Waals surface area (Å²) in [4.78, 5) is 46.2. The number of benzene rings is 2. The van der Waals surface area contributed by atoms with E-state index in [9.17, 15) is 14.4 Å². The lowest BCUT2D eigenvalue weighted by molar-refractivity contribution is 0.0922. The number of hydrogen-bond donors (Lipinski definition) is 1. The van der Waals surface area contributed by atoms with Gasteiger partial charge < -0.3 is 5.32 Å². The Morgan fingerprint density at radius 3 is 2.04 bits per heavy atom. The largest absolute Gasteiger partial charge is 0.322 e. The average Bonchev–Trinajstić information content (AvgIpc) is 2.96. The Hall–Kier alpha value is -3.87. The summed E-state index contributed by atoms with van der Waals surface area (Å²) >= 11 is 0. The van der Waals surface area contributed by atoms with Gasteiger partial charge in [0.05, 0.1) is 5.69 Å². The second kappa shape index (κ2) is 6.70. The summed E-state index contributed by atoms with van der Waals surface area (Å²) in [6.07, 6.45) is 2.74. The Morgan fingerprint density at radius 1 is 0.857 bits per heavy atom. The Morgan fingerprint density at radius 2 is 1.46 bits per heavy atom. The van der Waals surface area contributed by atoms with Gasteiger partial charge >= 0.3 is 0 Å². The van der Waals surface area contributed by atoms with Crippen molar-refractivity contribution in [3.63, 3.8) is 0 Å². The molecule has 0 saturated heterocycles. The summed E-state index contributed by atoms with van der Waals surface area (Å²) < 4.78 is 0. The first-order chi connectivity index (χ1) is 13.5. The number of aryl methyl sites for hydroxylation is 2. The van der Waals surface area contributed by atoms with E-state index >= 15 is 0 Å². The molecule has 0 unspecified atom stereocenters. The van der Waals surface area contributed by atoms with E-state index in [1.807, 2.05) is 32.0 Å². The molecule has 7 nitrogen and oxygen atoms in total. The maximum absolute atomic E-state index is 12.5. The fourth-order valence-corrected chi connectivity index (χ4v) is 2.97. The zero-order valence-corrected chi connectivity index (χ0v) is 15.3. The van der Waals surface area contributed by atoms with Gasteiger partial charge in [0.15, 0.2) is 11.4 Å². The first-order valence-electron chi connectivity index (χ1n) is 8.64. The van der Waals surface area contributed by atoms with Crippen LogP contribution in [0.1, 0.15) is 42.5 Å². The molecule has 1 aliphatic heterocycles. The highest BCUT2D eigenvalue weighted by Gasteiger charge is 2.39.